The lowest BCUT2D eigenvalue weighted by Crippen LogP contribution is -2.61. The lowest BCUT2D eigenvalue weighted by molar-refractivity contribution is -0.398. The van der Waals surface area contributed by atoms with Gasteiger partial charge in [-0.3, -0.25) is 0 Å². The third kappa shape index (κ3) is 4.80. The summed E-state index contributed by atoms with van der Waals surface area (Å²) in [7, 11) is 0.836. The van der Waals surface area contributed by atoms with E-state index in [1.807, 2.05) is 6.92 Å². The fourth-order valence-electron chi connectivity index (χ4n) is 2.10. The molecule has 1 rings (SSSR count). The van der Waals surface area contributed by atoms with Crippen molar-refractivity contribution in [3.05, 3.63) is 29.8 Å². The van der Waals surface area contributed by atoms with Crippen molar-refractivity contribution in [1.29, 1.82) is 0 Å². The zero-order chi connectivity index (χ0) is 21.1. The van der Waals surface area contributed by atoms with Gasteiger partial charge in [0, 0.05) is 13.5 Å². The molecule has 1 aromatic rings. The van der Waals surface area contributed by atoms with Crippen LogP contribution in [0.4, 0.5) is 39.5 Å². The molecule has 156 valence electrons. The molecule has 0 aliphatic rings. The second-order valence-corrected chi connectivity index (χ2v) is 5.70. The Morgan fingerprint density at radius 3 is 1.78 bits per heavy atom. The summed E-state index contributed by atoms with van der Waals surface area (Å²) in [5.74, 6) is -19.0. The van der Waals surface area contributed by atoms with Gasteiger partial charge in [0.25, 0.3) is 0 Å². The normalized spacial score (nSPS) is 14.9. The van der Waals surface area contributed by atoms with E-state index in [0.717, 1.165) is 19.2 Å². The number of rotatable bonds is 9. The Labute approximate surface area is 149 Å². The highest BCUT2D eigenvalue weighted by molar-refractivity contribution is 5.29. The molecule has 11 heteroatoms. The third-order valence-electron chi connectivity index (χ3n) is 3.66. The van der Waals surface area contributed by atoms with Crippen molar-refractivity contribution >= 4 is 0 Å². The highest BCUT2D eigenvalue weighted by atomic mass is 19.4. The van der Waals surface area contributed by atoms with Crippen molar-refractivity contribution in [3.8, 4) is 5.75 Å². The Balaban J connectivity index is 3.07. The lowest BCUT2D eigenvalue weighted by Gasteiger charge is -2.35. The maximum atomic E-state index is 13.8. The van der Waals surface area contributed by atoms with E-state index in [-0.39, 0.29) is 5.56 Å². The standard InChI is InChI=1S/C16H17F9O2/c1-3-8-27-11-6-4-10(5-7-11)12(26-2)9-13(17,18)14(19,20)15(21,22)16(23,24)25/h4-7,12H,3,8-9H2,1-2H3. The summed E-state index contributed by atoms with van der Waals surface area (Å²) >= 11 is 0. The van der Waals surface area contributed by atoms with Gasteiger partial charge in [0.1, 0.15) is 5.75 Å². The topological polar surface area (TPSA) is 18.5 Å². The van der Waals surface area contributed by atoms with E-state index in [1.54, 1.807) is 0 Å². The smallest absolute Gasteiger partial charge is 0.460 e. The van der Waals surface area contributed by atoms with Gasteiger partial charge in [0.2, 0.25) is 0 Å². The van der Waals surface area contributed by atoms with Gasteiger partial charge in [-0.1, -0.05) is 19.1 Å². The van der Waals surface area contributed by atoms with Gasteiger partial charge >= 0.3 is 23.9 Å². The summed E-state index contributed by atoms with van der Waals surface area (Å²) in [5.41, 5.74) is -0.118. The van der Waals surface area contributed by atoms with Crippen LogP contribution >= 0.6 is 0 Å². The van der Waals surface area contributed by atoms with Gasteiger partial charge in [-0.15, -0.1) is 0 Å². The number of benzene rings is 1. The maximum absolute atomic E-state index is 13.8. The Kier molecular flexibility index (Phi) is 7.06. The van der Waals surface area contributed by atoms with E-state index in [9.17, 15) is 39.5 Å². The van der Waals surface area contributed by atoms with Gasteiger partial charge in [-0.25, -0.2) is 0 Å². The van der Waals surface area contributed by atoms with Gasteiger partial charge in [0.15, 0.2) is 0 Å². The summed E-state index contributed by atoms with van der Waals surface area (Å²) in [4.78, 5) is 0. The van der Waals surface area contributed by atoms with Crippen LogP contribution in [-0.2, 0) is 4.74 Å². The molecule has 1 aromatic carbocycles. The van der Waals surface area contributed by atoms with Crippen molar-refractivity contribution in [2.24, 2.45) is 0 Å². The van der Waals surface area contributed by atoms with Gasteiger partial charge in [-0.05, 0) is 24.1 Å². The predicted octanol–water partition coefficient (Wildman–Crippen LogP) is 6.02. The van der Waals surface area contributed by atoms with E-state index in [2.05, 4.69) is 4.74 Å². The molecule has 0 aliphatic carbocycles. The third-order valence-corrected chi connectivity index (χ3v) is 3.66. The maximum Gasteiger partial charge on any atom is 0.460 e. The van der Waals surface area contributed by atoms with Gasteiger partial charge in [-0.2, -0.15) is 39.5 Å². The van der Waals surface area contributed by atoms with Crippen LogP contribution in [0.2, 0.25) is 0 Å². The zero-order valence-electron chi connectivity index (χ0n) is 14.2. The second kappa shape index (κ2) is 8.15. The predicted molar refractivity (Wildman–Crippen MR) is 77.5 cm³/mol. The number of ether oxygens (including phenoxy) is 2. The van der Waals surface area contributed by atoms with Crippen LogP contribution in [0.5, 0.6) is 5.75 Å². The molecule has 0 saturated heterocycles. The average Bonchev–Trinajstić information content (AvgIpc) is 2.57. The van der Waals surface area contributed by atoms with Crippen LogP contribution in [-0.4, -0.2) is 37.7 Å². The van der Waals surface area contributed by atoms with Crippen molar-refractivity contribution in [2.75, 3.05) is 13.7 Å². The van der Waals surface area contributed by atoms with E-state index >= 15 is 0 Å². The fourth-order valence-corrected chi connectivity index (χ4v) is 2.10. The minimum absolute atomic E-state index is 0.118. The highest BCUT2D eigenvalue weighted by Gasteiger charge is 2.81. The molecule has 27 heavy (non-hydrogen) atoms. The number of alkyl halides is 9. The van der Waals surface area contributed by atoms with E-state index < -0.39 is 36.5 Å². The number of hydrogen-bond donors (Lipinski definition) is 0. The highest BCUT2D eigenvalue weighted by Crippen LogP contribution is 2.55. The van der Waals surface area contributed by atoms with Crippen molar-refractivity contribution < 1.29 is 49.0 Å². The van der Waals surface area contributed by atoms with E-state index in [4.69, 9.17) is 4.74 Å². The quantitative estimate of drug-likeness (QED) is 0.462. The SMILES string of the molecule is CCCOc1ccc(C(CC(F)(F)C(F)(F)C(F)(F)C(F)(F)F)OC)cc1. The van der Waals surface area contributed by atoms with Crippen LogP contribution in [0.3, 0.4) is 0 Å². The molecular formula is C16H17F9O2. The minimum Gasteiger partial charge on any atom is -0.494 e. The summed E-state index contributed by atoms with van der Waals surface area (Å²) in [5, 5.41) is 0. The molecule has 0 amide bonds. The first-order valence-corrected chi connectivity index (χ1v) is 7.67. The summed E-state index contributed by atoms with van der Waals surface area (Å²) in [6.07, 6.45) is -10.1. The minimum atomic E-state index is -6.92. The fraction of sp³-hybridized carbons (Fsp3) is 0.625. The molecule has 0 bridgehead atoms. The van der Waals surface area contributed by atoms with Crippen LogP contribution < -0.4 is 4.74 Å². The molecule has 0 heterocycles. The summed E-state index contributed by atoms with van der Waals surface area (Å²) in [6, 6.07) is 4.93. The molecule has 0 radical (unpaired) electrons. The Morgan fingerprint density at radius 1 is 0.852 bits per heavy atom. The molecule has 2 nitrogen and oxygen atoms in total. The summed E-state index contributed by atoms with van der Waals surface area (Å²) < 4.78 is 126. The molecular weight excluding hydrogens is 395 g/mol. The largest absolute Gasteiger partial charge is 0.494 e. The Morgan fingerprint density at radius 2 is 1.37 bits per heavy atom. The van der Waals surface area contributed by atoms with Crippen molar-refractivity contribution in [1.82, 2.24) is 0 Å². The van der Waals surface area contributed by atoms with Crippen molar-refractivity contribution in [3.63, 3.8) is 0 Å². The molecule has 0 saturated carbocycles. The lowest BCUT2D eigenvalue weighted by atomic mass is 9.95. The van der Waals surface area contributed by atoms with Gasteiger partial charge in [0.05, 0.1) is 12.7 Å². The monoisotopic (exact) mass is 412 g/mol. The van der Waals surface area contributed by atoms with Crippen LogP contribution in [0.25, 0.3) is 0 Å². The first kappa shape index (κ1) is 23.4. The molecule has 1 unspecified atom stereocenters. The van der Waals surface area contributed by atoms with Crippen LogP contribution in [0.1, 0.15) is 31.4 Å². The van der Waals surface area contributed by atoms with Crippen molar-refractivity contribution in [2.45, 2.75) is 49.8 Å². The average molecular weight is 412 g/mol. The van der Waals surface area contributed by atoms with Crippen LogP contribution in [0.15, 0.2) is 24.3 Å². The van der Waals surface area contributed by atoms with Crippen LogP contribution in [0, 0.1) is 0 Å². The summed E-state index contributed by atoms with van der Waals surface area (Å²) in [6.45, 7) is 2.18. The van der Waals surface area contributed by atoms with E-state index in [1.165, 1.54) is 12.1 Å². The molecule has 1 atom stereocenters. The number of methoxy groups -OCH3 is 1. The zero-order valence-corrected chi connectivity index (χ0v) is 14.2. The number of halogens is 9. The van der Waals surface area contributed by atoms with Gasteiger partial charge < -0.3 is 9.47 Å². The molecule has 0 aliphatic heterocycles. The first-order chi connectivity index (χ1) is 12.2. The molecule has 0 spiro atoms. The number of hydrogen-bond acceptors (Lipinski definition) is 2. The van der Waals surface area contributed by atoms with E-state index in [0.29, 0.717) is 18.8 Å². The Bertz CT molecular complexity index is 597. The molecule has 0 fully saturated rings. The molecule has 0 N–H and O–H groups in total. The molecule has 0 aromatic heterocycles. The first-order valence-electron chi connectivity index (χ1n) is 7.67. The Hall–Kier alpha value is -1.65. The second-order valence-electron chi connectivity index (χ2n) is 5.70.